The fraction of sp³-hybridized carbons (Fsp3) is 0.556. The van der Waals surface area contributed by atoms with Gasteiger partial charge in [-0.2, -0.15) is 0 Å². The van der Waals surface area contributed by atoms with Crippen LogP contribution >= 0.6 is 51.7 Å². The number of thioether (sulfide) groups is 1. The van der Waals surface area contributed by atoms with Gasteiger partial charge >= 0.3 is 6.09 Å². The number of halogens is 2. The zero-order chi connectivity index (χ0) is 18.9. The van der Waals surface area contributed by atoms with Gasteiger partial charge in [-0.15, -0.1) is 35.7 Å². The Bertz CT molecular complexity index is 610. The Morgan fingerprint density at radius 3 is 2.63 bits per heavy atom. The minimum Gasteiger partial charge on any atom is -0.450 e. The predicted octanol–water partition coefficient (Wildman–Crippen LogP) is 4.07. The molecule has 1 amide bonds. The summed E-state index contributed by atoms with van der Waals surface area (Å²) in [7, 11) is 0. The number of hydrogen-bond acceptors (Lipinski definition) is 4. The molecule has 1 fully saturated rings. The van der Waals surface area contributed by atoms with Crippen LogP contribution in [0.4, 0.5) is 4.79 Å². The molecule has 27 heavy (non-hydrogen) atoms. The molecule has 1 aliphatic heterocycles. The molecule has 0 saturated carbocycles. The average Bonchev–Trinajstić information content (AvgIpc) is 2.63. The lowest BCUT2D eigenvalue weighted by molar-refractivity contribution is 0.0963. The molecule has 152 valence electrons. The molecule has 1 aliphatic rings. The summed E-state index contributed by atoms with van der Waals surface area (Å²) in [6.07, 6.45) is 1.46. The van der Waals surface area contributed by atoms with E-state index in [4.69, 9.17) is 10.5 Å². The summed E-state index contributed by atoms with van der Waals surface area (Å²) in [6, 6.07) is 8.51. The molecule has 0 aromatic heterocycles. The number of hydrogen-bond donors (Lipinski definition) is 2. The van der Waals surface area contributed by atoms with Gasteiger partial charge in [0.25, 0.3) is 0 Å². The highest BCUT2D eigenvalue weighted by atomic mass is 127. The number of benzene rings is 1. The lowest BCUT2D eigenvalue weighted by Crippen LogP contribution is -2.48. The van der Waals surface area contributed by atoms with Crippen molar-refractivity contribution in [3.63, 3.8) is 0 Å². The van der Waals surface area contributed by atoms with Gasteiger partial charge < -0.3 is 20.7 Å². The van der Waals surface area contributed by atoms with Gasteiger partial charge in [-0.1, -0.05) is 22.9 Å². The third kappa shape index (κ3) is 8.91. The van der Waals surface area contributed by atoms with Crippen LogP contribution in [0.1, 0.15) is 26.7 Å². The fourth-order valence-corrected chi connectivity index (χ4v) is 3.86. The standard InChI is InChI=1S/C18H27BrN4O2S.HI/c1-3-25-18(24)23-10-8-15(9-11-23)22-17(20)21-12-13(2)26-16-6-4-14(19)5-7-16;/h4-7,13,15H,3,8-12H2,1-2H3,(H3,20,21,22);1H. The Morgan fingerprint density at radius 1 is 1.41 bits per heavy atom. The average molecular weight is 571 g/mol. The van der Waals surface area contributed by atoms with Crippen molar-refractivity contribution in [1.29, 1.82) is 0 Å². The van der Waals surface area contributed by atoms with Crippen molar-refractivity contribution < 1.29 is 9.53 Å². The zero-order valence-electron chi connectivity index (χ0n) is 15.7. The number of piperidine rings is 1. The summed E-state index contributed by atoms with van der Waals surface area (Å²) in [6.45, 7) is 6.38. The van der Waals surface area contributed by atoms with Gasteiger partial charge in [0.15, 0.2) is 5.96 Å². The normalized spacial score (nSPS) is 16.4. The maximum absolute atomic E-state index is 11.7. The van der Waals surface area contributed by atoms with E-state index in [1.54, 1.807) is 16.7 Å². The summed E-state index contributed by atoms with van der Waals surface area (Å²) in [5, 5.41) is 3.61. The fourth-order valence-electron chi connectivity index (χ4n) is 2.69. The number of carbonyl (C=O) groups excluding carboxylic acids is 1. The summed E-state index contributed by atoms with van der Waals surface area (Å²) in [5.41, 5.74) is 6.03. The van der Waals surface area contributed by atoms with Gasteiger partial charge in [0, 0.05) is 33.7 Å². The van der Waals surface area contributed by atoms with Crippen LogP contribution < -0.4 is 11.1 Å². The largest absolute Gasteiger partial charge is 0.450 e. The lowest BCUT2D eigenvalue weighted by atomic mass is 10.1. The zero-order valence-corrected chi connectivity index (χ0v) is 20.4. The lowest BCUT2D eigenvalue weighted by Gasteiger charge is -2.31. The Morgan fingerprint density at radius 2 is 2.04 bits per heavy atom. The summed E-state index contributed by atoms with van der Waals surface area (Å²) in [5.74, 6) is 0.475. The Balaban J connectivity index is 0.00000364. The molecule has 6 nitrogen and oxygen atoms in total. The van der Waals surface area contributed by atoms with Gasteiger partial charge in [-0.05, 0) is 44.0 Å². The number of guanidine groups is 1. The maximum atomic E-state index is 11.7. The highest BCUT2D eigenvalue weighted by Crippen LogP contribution is 2.24. The third-order valence-corrected chi connectivity index (χ3v) is 5.67. The molecular weight excluding hydrogens is 543 g/mol. The minimum absolute atomic E-state index is 0. The van der Waals surface area contributed by atoms with E-state index in [2.05, 4.69) is 45.3 Å². The van der Waals surface area contributed by atoms with Crippen molar-refractivity contribution in [2.24, 2.45) is 10.7 Å². The van der Waals surface area contributed by atoms with Gasteiger partial charge in [-0.25, -0.2) is 4.79 Å². The first kappa shape index (κ1) is 24.4. The maximum Gasteiger partial charge on any atom is 0.409 e. The van der Waals surface area contributed by atoms with Crippen LogP contribution in [-0.2, 0) is 4.74 Å². The second-order valence-corrected chi connectivity index (χ2v) is 8.64. The smallest absolute Gasteiger partial charge is 0.409 e. The molecule has 0 spiro atoms. The first-order chi connectivity index (χ1) is 12.5. The van der Waals surface area contributed by atoms with Crippen LogP contribution in [0.5, 0.6) is 0 Å². The minimum atomic E-state index is -0.230. The second-order valence-electron chi connectivity index (χ2n) is 6.21. The van der Waals surface area contributed by atoms with E-state index in [-0.39, 0.29) is 36.1 Å². The molecular formula is C18H28BrIN4O2S. The number of likely N-dealkylation sites (tertiary alicyclic amines) is 1. The number of carbonyl (C=O) groups is 1. The molecule has 2 rings (SSSR count). The van der Waals surface area contributed by atoms with E-state index in [1.807, 2.05) is 19.1 Å². The van der Waals surface area contributed by atoms with Crippen LogP contribution in [0.2, 0.25) is 0 Å². The van der Waals surface area contributed by atoms with Gasteiger partial charge in [0.2, 0.25) is 0 Å². The van der Waals surface area contributed by atoms with Crippen LogP contribution in [0.15, 0.2) is 38.6 Å². The third-order valence-electron chi connectivity index (χ3n) is 4.04. The predicted molar refractivity (Wildman–Crippen MR) is 126 cm³/mol. The SMILES string of the molecule is CCOC(=O)N1CCC(NC(N)=NCC(C)Sc2ccc(Br)cc2)CC1.I. The molecule has 0 radical (unpaired) electrons. The molecule has 0 bridgehead atoms. The molecule has 1 heterocycles. The number of nitrogens with two attached hydrogens (primary N) is 1. The Hall–Kier alpha value is -0.680. The van der Waals surface area contributed by atoms with Crippen LogP contribution in [0.25, 0.3) is 0 Å². The topological polar surface area (TPSA) is 80.0 Å². The van der Waals surface area contributed by atoms with E-state index >= 15 is 0 Å². The molecule has 1 saturated heterocycles. The highest BCUT2D eigenvalue weighted by Gasteiger charge is 2.23. The number of ether oxygens (including phenoxy) is 1. The number of aliphatic imine (C=N–C) groups is 1. The highest BCUT2D eigenvalue weighted by molar-refractivity contribution is 14.0. The molecule has 1 atom stereocenters. The Labute approximate surface area is 191 Å². The molecule has 1 aromatic rings. The number of nitrogens with one attached hydrogen (secondary N) is 1. The second kappa shape index (κ2) is 12.7. The quantitative estimate of drug-likeness (QED) is 0.233. The molecule has 3 N–H and O–H groups in total. The van der Waals surface area contributed by atoms with Crippen LogP contribution in [-0.4, -0.2) is 54.5 Å². The van der Waals surface area contributed by atoms with Gasteiger partial charge in [0.05, 0.1) is 13.2 Å². The number of nitrogens with zero attached hydrogens (tertiary/aromatic N) is 2. The van der Waals surface area contributed by atoms with Gasteiger partial charge in [0.1, 0.15) is 0 Å². The van der Waals surface area contributed by atoms with Crippen molar-refractivity contribution >= 4 is 63.7 Å². The summed E-state index contributed by atoms with van der Waals surface area (Å²) in [4.78, 5) is 19.1. The van der Waals surface area contributed by atoms with Crippen LogP contribution in [0, 0.1) is 0 Å². The van der Waals surface area contributed by atoms with E-state index in [1.165, 1.54) is 4.90 Å². The van der Waals surface area contributed by atoms with Crippen LogP contribution in [0.3, 0.4) is 0 Å². The number of rotatable bonds is 6. The van der Waals surface area contributed by atoms with E-state index in [9.17, 15) is 4.79 Å². The van der Waals surface area contributed by atoms with E-state index < -0.39 is 0 Å². The van der Waals surface area contributed by atoms with Crippen molar-refractivity contribution in [3.05, 3.63) is 28.7 Å². The molecule has 1 unspecified atom stereocenters. The van der Waals surface area contributed by atoms with E-state index in [0.717, 1.165) is 17.3 Å². The van der Waals surface area contributed by atoms with Crippen molar-refractivity contribution in [1.82, 2.24) is 10.2 Å². The van der Waals surface area contributed by atoms with Crippen molar-refractivity contribution in [2.75, 3.05) is 26.2 Å². The molecule has 9 heteroatoms. The first-order valence-electron chi connectivity index (χ1n) is 8.88. The number of amides is 1. The summed E-state index contributed by atoms with van der Waals surface area (Å²) < 4.78 is 6.11. The Kier molecular flexibility index (Phi) is 11.5. The van der Waals surface area contributed by atoms with E-state index in [0.29, 0.717) is 37.5 Å². The molecule has 1 aromatic carbocycles. The summed E-state index contributed by atoms with van der Waals surface area (Å²) >= 11 is 5.22. The molecule has 0 aliphatic carbocycles. The first-order valence-corrected chi connectivity index (χ1v) is 10.6. The monoisotopic (exact) mass is 570 g/mol. The van der Waals surface area contributed by atoms with Crippen molar-refractivity contribution in [3.8, 4) is 0 Å². The van der Waals surface area contributed by atoms with Gasteiger partial charge in [-0.3, -0.25) is 4.99 Å². The van der Waals surface area contributed by atoms with Crippen molar-refractivity contribution in [2.45, 2.75) is 42.9 Å².